The lowest BCUT2D eigenvalue weighted by atomic mass is 9.96. The normalized spacial score (nSPS) is 16.8. The second-order valence-electron chi connectivity index (χ2n) is 5.18. The fourth-order valence-corrected chi connectivity index (χ4v) is 2.17. The maximum absolute atomic E-state index is 4.30. The molecule has 0 saturated heterocycles. The highest BCUT2D eigenvalue weighted by atomic mass is 14.7. The maximum atomic E-state index is 4.30. The third kappa shape index (κ3) is 2.23. The van der Waals surface area contributed by atoms with E-state index in [0.717, 1.165) is 12.1 Å². The van der Waals surface area contributed by atoms with E-state index < -0.39 is 0 Å². The van der Waals surface area contributed by atoms with Gasteiger partial charge in [-0.15, -0.1) is 0 Å². The van der Waals surface area contributed by atoms with Gasteiger partial charge in [-0.3, -0.25) is 4.98 Å². The summed E-state index contributed by atoms with van der Waals surface area (Å²) in [5.74, 6) is 0. The summed E-state index contributed by atoms with van der Waals surface area (Å²) < 4.78 is 0. The van der Waals surface area contributed by atoms with E-state index in [4.69, 9.17) is 0 Å². The van der Waals surface area contributed by atoms with E-state index >= 15 is 0 Å². The highest BCUT2D eigenvalue weighted by Gasteiger charge is 2.38. The summed E-state index contributed by atoms with van der Waals surface area (Å²) in [7, 11) is 0. The van der Waals surface area contributed by atoms with Gasteiger partial charge in [0, 0.05) is 24.4 Å². The molecule has 1 fully saturated rings. The van der Waals surface area contributed by atoms with Gasteiger partial charge in [0.1, 0.15) is 0 Å². The van der Waals surface area contributed by atoms with Gasteiger partial charge in [0.2, 0.25) is 0 Å². The summed E-state index contributed by atoms with van der Waals surface area (Å²) in [6, 6.07) is 15.9. The van der Waals surface area contributed by atoms with Crippen LogP contribution in [0.1, 0.15) is 36.6 Å². The summed E-state index contributed by atoms with van der Waals surface area (Å²) in [4.78, 5) is 4.30. The minimum absolute atomic E-state index is 0.471. The summed E-state index contributed by atoms with van der Waals surface area (Å²) in [6.07, 6.45) is 5.31. The molecular formula is C16H16N. The van der Waals surface area contributed by atoms with E-state index in [-0.39, 0.29) is 0 Å². The fraction of sp³-hybridized carbons (Fsp3) is 0.312. The quantitative estimate of drug-likeness (QED) is 0.774. The lowest BCUT2D eigenvalue weighted by molar-refractivity contribution is 0.787. The van der Waals surface area contributed by atoms with Gasteiger partial charge in [-0.05, 0) is 35.4 Å². The van der Waals surface area contributed by atoms with E-state index in [1.165, 1.54) is 24.0 Å². The number of nitrogens with zero attached hydrogens (tertiary/aromatic N) is 1. The molecule has 0 atom stereocenters. The van der Waals surface area contributed by atoms with Crippen LogP contribution in [0.25, 0.3) is 0 Å². The van der Waals surface area contributed by atoms with Gasteiger partial charge in [-0.1, -0.05) is 37.3 Å². The Bertz CT molecular complexity index is 495. The molecule has 1 aliphatic rings. The molecule has 3 rings (SSSR count). The topological polar surface area (TPSA) is 12.9 Å². The highest BCUT2D eigenvalue weighted by molar-refractivity contribution is 5.33. The van der Waals surface area contributed by atoms with Crippen molar-refractivity contribution in [2.75, 3.05) is 0 Å². The Balaban J connectivity index is 1.77. The number of hydrogen-bond acceptors (Lipinski definition) is 1. The zero-order valence-corrected chi connectivity index (χ0v) is 10.1. The average molecular weight is 222 g/mol. The van der Waals surface area contributed by atoms with Crippen LogP contribution < -0.4 is 0 Å². The summed E-state index contributed by atoms with van der Waals surface area (Å²) in [6.45, 7) is 2.34. The average Bonchev–Trinajstić information content (AvgIpc) is 3.11. The lowest BCUT2D eigenvalue weighted by Gasteiger charge is -2.09. The third-order valence-corrected chi connectivity index (χ3v) is 3.71. The van der Waals surface area contributed by atoms with Crippen molar-refractivity contribution in [1.29, 1.82) is 0 Å². The predicted octanol–water partition coefficient (Wildman–Crippen LogP) is 3.52. The van der Waals surface area contributed by atoms with Gasteiger partial charge in [-0.25, -0.2) is 0 Å². The van der Waals surface area contributed by atoms with Gasteiger partial charge in [-0.2, -0.15) is 0 Å². The lowest BCUT2D eigenvalue weighted by Crippen LogP contribution is -1.99. The van der Waals surface area contributed by atoms with Crippen molar-refractivity contribution in [3.8, 4) is 0 Å². The molecule has 0 N–H and O–H groups in total. The Hall–Kier alpha value is -1.63. The van der Waals surface area contributed by atoms with Crippen molar-refractivity contribution in [3.63, 3.8) is 0 Å². The molecule has 0 bridgehead atoms. The van der Waals surface area contributed by atoms with Crippen LogP contribution >= 0.6 is 0 Å². The second-order valence-corrected chi connectivity index (χ2v) is 5.18. The van der Waals surface area contributed by atoms with Gasteiger partial charge in [0.05, 0.1) is 0 Å². The summed E-state index contributed by atoms with van der Waals surface area (Å²) in [5.41, 5.74) is 4.39. The molecular weight excluding hydrogens is 206 g/mol. The minimum Gasteiger partial charge on any atom is -0.260 e. The van der Waals surface area contributed by atoms with Gasteiger partial charge >= 0.3 is 0 Å². The van der Waals surface area contributed by atoms with Crippen LogP contribution in [0, 0.1) is 6.07 Å². The maximum Gasteiger partial charge on any atom is 0.0447 e. The van der Waals surface area contributed by atoms with Crippen molar-refractivity contribution in [2.24, 2.45) is 0 Å². The molecule has 1 heterocycles. The molecule has 0 amide bonds. The molecule has 2 aromatic rings. The molecule has 1 radical (unpaired) electrons. The van der Waals surface area contributed by atoms with E-state index in [9.17, 15) is 0 Å². The van der Waals surface area contributed by atoms with Crippen LogP contribution in [0.2, 0.25) is 0 Å². The Morgan fingerprint density at radius 1 is 1.18 bits per heavy atom. The number of pyridine rings is 1. The molecule has 0 unspecified atom stereocenters. The van der Waals surface area contributed by atoms with E-state index in [2.05, 4.69) is 42.2 Å². The Kier molecular flexibility index (Phi) is 2.47. The monoisotopic (exact) mass is 222 g/mol. The molecule has 0 spiro atoms. The zero-order valence-electron chi connectivity index (χ0n) is 10.1. The number of hydrogen-bond donors (Lipinski definition) is 0. The SMILES string of the molecule is CC1(c2ccc(Cc3cc[c]cn3)cc2)CC1. The van der Waals surface area contributed by atoms with Crippen molar-refractivity contribution in [3.05, 3.63) is 65.5 Å². The first-order valence-electron chi connectivity index (χ1n) is 6.17. The standard InChI is InChI=1S/C16H16N/c1-16(9-10-16)14-7-5-13(6-8-14)12-15-4-2-3-11-17-15/h2,4-8,11H,9-10,12H2,1H3. The zero-order chi connectivity index (χ0) is 11.7. The van der Waals surface area contributed by atoms with E-state index in [0.29, 0.717) is 5.41 Å². The summed E-state index contributed by atoms with van der Waals surface area (Å²) >= 11 is 0. The number of aromatic nitrogens is 1. The van der Waals surface area contributed by atoms with Crippen molar-refractivity contribution < 1.29 is 0 Å². The molecule has 1 aromatic carbocycles. The molecule has 1 nitrogen and oxygen atoms in total. The third-order valence-electron chi connectivity index (χ3n) is 3.71. The molecule has 17 heavy (non-hydrogen) atoms. The smallest absolute Gasteiger partial charge is 0.0447 e. The molecule has 85 valence electrons. The van der Waals surface area contributed by atoms with E-state index in [1.807, 2.05) is 12.1 Å². The highest BCUT2D eigenvalue weighted by Crippen LogP contribution is 2.47. The van der Waals surface area contributed by atoms with Gasteiger partial charge in [0.15, 0.2) is 0 Å². The fourth-order valence-electron chi connectivity index (χ4n) is 2.17. The molecule has 1 saturated carbocycles. The Labute approximate surface area is 103 Å². The van der Waals surface area contributed by atoms with Crippen LogP contribution in [0.3, 0.4) is 0 Å². The van der Waals surface area contributed by atoms with Crippen LogP contribution in [0.15, 0.2) is 42.6 Å². The first-order valence-corrected chi connectivity index (χ1v) is 6.17. The second kappa shape index (κ2) is 3.99. The molecule has 1 aromatic heterocycles. The van der Waals surface area contributed by atoms with Crippen LogP contribution in [-0.4, -0.2) is 4.98 Å². The Morgan fingerprint density at radius 3 is 2.53 bits per heavy atom. The van der Waals surface area contributed by atoms with Crippen LogP contribution in [0.5, 0.6) is 0 Å². The Morgan fingerprint density at radius 2 is 1.94 bits per heavy atom. The van der Waals surface area contributed by atoms with Crippen LogP contribution in [-0.2, 0) is 11.8 Å². The van der Waals surface area contributed by atoms with Gasteiger partial charge < -0.3 is 0 Å². The molecule has 1 heteroatoms. The predicted molar refractivity (Wildman–Crippen MR) is 68.9 cm³/mol. The summed E-state index contributed by atoms with van der Waals surface area (Å²) in [5, 5.41) is 0. The van der Waals surface area contributed by atoms with E-state index in [1.54, 1.807) is 6.20 Å². The largest absolute Gasteiger partial charge is 0.260 e. The van der Waals surface area contributed by atoms with Crippen molar-refractivity contribution in [2.45, 2.75) is 31.6 Å². The van der Waals surface area contributed by atoms with Crippen molar-refractivity contribution >= 4 is 0 Å². The van der Waals surface area contributed by atoms with Crippen molar-refractivity contribution in [1.82, 2.24) is 4.98 Å². The minimum atomic E-state index is 0.471. The van der Waals surface area contributed by atoms with Crippen LogP contribution in [0.4, 0.5) is 0 Å². The molecule has 0 aliphatic heterocycles. The number of rotatable bonds is 3. The number of benzene rings is 1. The van der Waals surface area contributed by atoms with Gasteiger partial charge in [0.25, 0.3) is 0 Å². The molecule has 1 aliphatic carbocycles. The first kappa shape index (κ1) is 10.5. The first-order chi connectivity index (χ1) is 8.26.